The van der Waals surface area contributed by atoms with Crippen molar-refractivity contribution in [2.45, 2.75) is 65.0 Å². The number of carbonyl (C=O) groups is 1. The van der Waals surface area contributed by atoms with Crippen molar-refractivity contribution in [1.29, 1.82) is 0 Å². The van der Waals surface area contributed by atoms with Crippen molar-refractivity contribution >= 4 is 17.5 Å². The molecular formula is C26H33N7O. The highest BCUT2D eigenvalue weighted by molar-refractivity contribution is 5.92. The van der Waals surface area contributed by atoms with E-state index < -0.39 is 0 Å². The number of aromatic nitrogens is 4. The van der Waals surface area contributed by atoms with Crippen molar-refractivity contribution in [2.75, 3.05) is 29.4 Å². The second-order valence-corrected chi connectivity index (χ2v) is 9.65. The summed E-state index contributed by atoms with van der Waals surface area (Å²) in [7, 11) is 0. The third kappa shape index (κ3) is 4.81. The first-order chi connectivity index (χ1) is 16.5. The maximum absolute atomic E-state index is 12.2. The second-order valence-electron chi connectivity index (χ2n) is 9.65. The number of nitrogens with one attached hydrogen (secondary N) is 1. The average Bonchev–Trinajstić information content (AvgIpc) is 3.67. The highest BCUT2D eigenvalue weighted by Crippen LogP contribution is 2.27. The van der Waals surface area contributed by atoms with E-state index in [4.69, 9.17) is 0 Å². The third-order valence-corrected chi connectivity index (χ3v) is 7.04. The predicted octanol–water partition coefficient (Wildman–Crippen LogP) is 3.31. The predicted molar refractivity (Wildman–Crippen MR) is 133 cm³/mol. The van der Waals surface area contributed by atoms with Crippen LogP contribution in [-0.4, -0.2) is 57.8 Å². The Bertz CT molecular complexity index is 1120. The monoisotopic (exact) mass is 459 g/mol. The van der Waals surface area contributed by atoms with E-state index in [1.165, 1.54) is 16.7 Å². The molecule has 3 heterocycles. The summed E-state index contributed by atoms with van der Waals surface area (Å²) in [5.74, 6) is 1.64. The first-order valence-corrected chi connectivity index (χ1v) is 12.3. The summed E-state index contributed by atoms with van der Waals surface area (Å²) in [5.41, 5.74) is 5.20. The van der Waals surface area contributed by atoms with Crippen molar-refractivity contribution in [1.82, 2.24) is 25.5 Å². The maximum atomic E-state index is 12.2. The quantitative estimate of drug-likeness (QED) is 0.709. The molecule has 0 aromatic carbocycles. The number of nitrogens with zero attached hydrogens (tertiary/aromatic N) is 6. The van der Waals surface area contributed by atoms with Crippen LogP contribution in [0.1, 0.15) is 59.9 Å². The highest BCUT2D eigenvalue weighted by atomic mass is 16.2. The van der Waals surface area contributed by atoms with Gasteiger partial charge in [-0.2, -0.15) is 5.10 Å². The molecule has 1 saturated carbocycles. The fraction of sp³-hybridized carbons (Fsp3) is 0.500. The Balaban J connectivity index is 1.24. The molecular weight excluding hydrogens is 426 g/mol. The van der Waals surface area contributed by atoms with Crippen LogP contribution in [0.4, 0.5) is 11.6 Å². The number of carbonyl (C=O) groups excluding carboxylic acids is 1. The molecule has 0 unspecified atom stereocenters. The minimum atomic E-state index is -0.136. The summed E-state index contributed by atoms with van der Waals surface area (Å²) >= 11 is 0. The van der Waals surface area contributed by atoms with Gasteiger partial charge in [0.25, 0.3) is 5.91 Å². The van der Waals surface area contributed by atoms with Crippen LogP contribution in [-0.2, 0) is 6.42 Å². The number of allylic oxidation sites excluding steroid dienone is 4. The molecule has 2 aromatic heterocycles. The van der Waals surface area contributed by atoms with Gasteiger partial charge in [-0.25, -0.2) is 9.97 Å². The Morgan fingerprint density at radius 1 is 1.09 bits per heavy atom. The molecule has 0 bridgehead atoms. The summed E-state index contributed by atoms with van der Waals surface area (Å²) in [6.45, 7) is 8.97. The number of rotatable bonds is 6. The third-order valence-electron chi connectivity index (χ3n) is 7.04. The number of hydrogen-bond donors (Lipinski definition) is 1. The summed E-state index contributed by atoms with van der Waals surface area (Å²) < 4.78 is 0. The molecule has 34 heavy (non-hydrogen) atoms. The van der Waals surface area contributed by atoms with Crippen LogP contribution in [0.3, 0.4) is 0 Å². The van der Waals surface area contributed by atoms with Crippen LogP contribution in [0.15, 0.2) is 36.2 Å². The normalized spacial score (nSPS) is 20.3. The molecule has 1 saturated heterocycles. The SMILES string of the molecule is Cc1c(CC2=CCCC=C2)nnc(N2CCN(c3cnc(C(=O)NC4CC4)cn3)[C@H](C)C2)c1C. The van der Waals surface area contributed by atoms with Crippen LogP contribution in [0.25, 0.3) is 0 Å². The molecule has 0 spiro atoms. The van der Waals surface area contributed by atoms with Gasteiger partial charge in [-0.15, -0.1) is 5.10 Å². The topological polar surface area (TPSA) is 87.1 Å². The van der Waals surface area contributed by atoms with Gasteiger partial charge in [-0.05, 0) is 63.2 Å². The molecule has 2 aliphatic carbocycles. The van der Waals surface area contributed by atoms with Gasteiger partial charge in [0.15, 0.2) is 5.82 Å². The number of anilines is 2. The minimum absolute atomic E-state index is 0.136. The second kappa shape index (κ2) is 9.52. The van der Waals surface area contributed by atoms with Crippen molar-refractivity contribution < 1.29 is 4.79 Å². The van der Waals surface area contributed by atoms with Gasteiger partial charge < -0.3 is 15.1 Å². The van der Waals surface area contributed by atoms with E-state index in [9.17, 15) is 4.79 Å². The zero-order chi connectivity index (χ0) is 23.7. The molecule has 0 radical (unpaired) electrons. The van der Waals surface area contributed by atoms with Gasteiger partial charge in [0.2, 0.25) is 0 Å². The molecule has 1 N–H and O–H groups in total. The largest absolute Gasteiger partial charge is 0.351 e. The standard InChI is InChI=1S/C26H33N7O/c1-17-16-32(25-19(3)18(2)22(30-31-25)13-20-7-5-4-6-8-20)11-12-33(17)24-15-27-23(14-28-24)26(34)29-21-9-10-21/h5,7-8,14-15,17,21H,4,6,9-13,16H2,1-3H3,(H,29,34)/t17-/m1/s1. The smallest absolute Gasteiger partial charge is 0.271 e. The first kappa shape index (κ1) is 22.5. The van der Waals surface area contributed by atoms with Crippen molar-refractivity contribution in [3.05, 3.63) is 58.7 Å². The van der Waals surface area contributed by atoms with E-state index in [0.717, 1.165) is 69.1 Å². The zero-order valence-corrected chi connectivity index (χ0v) is 20.3. The lowest BCUT2D eigenvalue weighted by Gasteiger charge is -2.41. The molecule has 2 aromatic rings. The maximum Gasteiger partial charge on any atom is 0.271 e. The van der Waals surface area contributed by atoms with Crippen LogP contribution in [0.2, 0.25) is 0 Å². The summed E-state index contributed by atoms with van der Waals surface area (Å²) in [6.07, 6.45) is 15.2. The highest BCUT2D eigenvalue weighted by Gasteiger charge is 2.28. The summed E-state index contributed by atoms with van der Waals surface area (Å²) in [6, 6.07) is 0.542. The molecule has 5 rings (SSSR count). The molecule has 8 heteroatoms. The minimum Gasteiger partial charge on any atom is -0.351 e. The van der Waals surface area contributed by atoms with E-state index in [0.29, 0.717) is 11.7 Å². The Hall–Kier alpha value is -3.29. The molecule has 1 amide bonds. The van der Waals surface area contributed by atoms with E-state index in [-0.39, 0.29) is 11.9 Å². The zero-order valence-electron chi connectivity index (χ0n) is 20.3. The van der Waals surface area contributed by atoms with Gasteiger partial charge >= 0.3 is 0 Å². The molecule has 178 valence electrons. The van der Waals surface area contributed by atoms with Crippen LogP contribution >= 0.6 is 0 Å². The van der Waals surface area contributed by atoms with Gasteiger partial charge in [-0.1, -0.05) is 18.2 Å². The fourth-order valence-electron chi connectivity index (χ4n) is 4.67. The van der Waals surface area contributed by atoms with E-state index in [1.54, 1.807) is 12.4 Å². The number of piperazine rings is 1. The van der Waals surface area contributed by atoms with Crippen molar-refractivity contribution in [3.63, 3.8) is 0 Å². The van der Waals surface area contributed by atoms with Gasteiger partial charge in [0, 0.05) is 38.1 Å². The fourth-order valence-corrected chi connectivity index (χ4v) is 4.67. The van der Waals surface area contributed by atoms with E-state index >= 15 is 0 Å². The van der Waals surface area contributed by atoms with Crippen molar-refractivity contribution in [3.8, 4) is 0 Å². The van der Waals surface area contributed by atoms with Gasteiger partial charge in [0.1, 0.15) is 11.5 Å². The summed E-state index contributed by atoms with van der Waals surface area (Å²) in [4.78, 5) is 25.7. The lowest BCUT2D eigenvalue weighted by Crippen LogP contribution is -2.53. The Kier molecular flexibility index (Phi) is 6.30. The first-order valence-electron chi connectivity index (χ1n) is 12.3. The lowest BCUT2D eigenvalue weighted by molar-refractivity contribution is 0.0945. The van der Waals surface area contributed by atoms with Gasteiger partial charge in [0.05, 0.1) is 18.1 Å². The van der Waals surface area contributed by atoms with Crippen LogP contribution in [0, 0.1) is 13.8 Å². The Morgan fingerprint density at radius 3 is 2.62 bits per heavy atom. The number of amides is 1. The molecule has 8 nitrogen and oxygen atoms in total. The molecule has 1 atom stereocenters. The average molecular weight is 460 g/mol. The van der Waals surface area contributed by atoms with Gasteiger partial charge in [-0.3, -0.25) is 4.79 Å². The number of hydrogen-bond acceptors (Lipinski definition) is 7. The van der Waals surface area contributed by atoms with E-state index in [2.05, 4.69) is 74.3 Å². The summed E-state index contributed by atoms with van der Waals surface area (Å²) in [5, 5.41) is 12.2. The molecule has 1 aliphatic heterocycles. The molecule has 3 aliphatic rings. The van der Waals surface area contributed by atoms with E-state index in [1.807, 2.05) is 0 Å². The van der Waals surface area contributed by atoms with Crippen LogP contribution < -0.4 is 15.1 Å². The van der Waals surface area contributed by atoms with Crippen LogP contribution in [0.5, 0.6) is 0 Å². The Morgan fingerprint density at radius 2 is 1.94 bits per heavy atom. The van der Waals surface area contributed by atoms with Crippen molar-refractivity contribution in [2.24, 2.45) is 0 Å². The molecule has 2 fully saturated rings. The Labute approximate surface area is 201 Å². The lowest BCUT2D eigenvalue weighted by atomic mass is 9.99.